The van der Waals surface area contributed by atoms with Crippen molar-refractivity contribution in [3.63, 3.8) is 0 Å². The first-order chi connectivity index (χ1) is 9.13. The highest BCUT2D eigenvalue weighted by Crippen LogP contribution is 1.91. The van der Waals surface area contributed by atoms with E-state index in [0.29, 0.717) is 19.6 Å². The van der Waals surface area contributed by atoms with Crippen molar-refractivity contribution in [2.24, 2.45) is 0 Å². The molecule has 0 fully saturated rings. The maximum atomic E-state index is 11.5. The molecule has 0 radical (unpaired) electrons. The fraction of sp³-hybridized carbons (Fsp3) is 0.462. The highest BCUT2D eigenvalue weighted by atomic mass is 16.5. The van der Waals surface area contributed by atoms with Crippen LogP contribution >= 0.6 is 0 Å². The number of carbonyl (C=O) groups excluding carboxylic acids is 2. The number of aromatic nitrogens is 1. The Morgan fingerprint density at radius 3 is 2.84 bits per heavy atom. The Bertz CT molecular complexity index is 482. The molecule has 1 N–H and O–H groups in total. The second-order valence-corrected chi connectivity index (χ2v) is 3.93. The lowest BCUT2D eigenvalue weighted by Crippen LogP contribution is -2.32. The lowest BCUT2D eigenvalue weighted by atomic mass is 10.3. The van der Waals surface area contributed by atoms with Gasteiger partial charge in [-0.05, 0) is 19.4 Å². The van der Waals surface area contributed by atoms with E-state index in [1.165, 1.54) is 10.6 Å². The summed E-state index contributed by atoms with van der Waals surface area (Å²) in [5, 5.41) is 2.65. The average molecular weight is 266 g/mol. The van der Waals surface area contributed by atoms with Crippen molar-refractivity contribution in [3.8, 4) is 0 Å². The number of rotatable bonds is 7. The van der Waals surface area contributed by atoms with Crippen molar-refractivity contribution >= 4 is 11.9 Å². The Hall–Kier alpha value is -2.11. The topological polar surface area (TPSA) is 77.4 Å². The van der Waals surface area contributed by atoms with E-state index < -0.39 is 0 Å². The summed E-state index contributed by atoms with van der Waals surface area (Å²) in [7, 11) is 0. The van der Waals surface area contributed by atoms with Crippen LogP contribution < -0.4 is 10.9 Å². The quantitative estimate of drug-likeness (QED) is 0.569. The van der Waals surface area contributed by atoms with Gasteiger partial charge in [0.2, 0.25) is 5.91 Å². The molecule has 104 valence electrons. The van der Waals surface area contributed by atoms with Crippen molar-refractivity contribution in [1.29, 1.82) is 0 Å². The molecular formula is C13H18N2O4. The van der Waals surface area contributed by atoms with Gasteiger partial charge in [0, 0.05) is 25.2 Å². The molecule has 6 nitrogen and oxygen atoms in total. The molecule has 0 aliphatic heterocycles. The third-order valence-corrected chi connectivity index (χ3v) is 2.40. The molecule has 0 saturated heterocycles. The predicted molar refractivity (Wildman–Crippen MR) is 69.6 cm³/mol. The maximum absolute atomic E-state index is 11.5. The summed E-state index contributed by atoms with van der Waals surface area (Å²) in [6.45, 7) is 2.48. The van der Waals surface area contributed by atoms with Crippen LogP contribution in [0.4, 0.5) is 0 Å². The lowest BCUT2D eigenvalue weighted by molar-refractivity contribution is -0.143. The molecule has 1 rings (SSSR count). The van der Waals surface area contributed by atoms with Gasteiger partial charge in [0.15, 0.2) is 0 Å². The Labute approximate surface area is 111 Å². The molecule has 0 atom stereocenters. The SMILES string of the molecule is CCOC(=O)CCCNC(=O)Cn1ccccc1=O. The first kappa shape index (κ1) is 14.9. The minimum atomic E-state index is -0.268. The number of amides is 1. The molecule has 1 aromatic rings. The van der Waals surface area contributed by atoms with E-state index in [4.69, 9.17) is 4.74 Å². The van der Waals surface area contributed by atoms with Crippen LogP contribution in [0.2, 0.25) is 0 Å². The molecule has 0 spiro atoms. The van der Waals surface area contributed by atoms with Gasteiger partial charge >= 0.3 is 5.97 Å². The third kappa shape index (κ3) is 5.85. The van der Waals surface area contributed by atoms with Crippen LogP contribution in [0.15, 0.2) is 29.2 Å². The zero-order valence-electron chi connectivity index (χ0n) is 10.9. The predicted octanol–water partition coefficient (Wildman–Crippen LogP) is 0.308. The summed E-state index contributed by atoms with van der Waals surface area (Å²) in [5.74, 6) is -0.520. The van der Waals surface area contributed by atoms with Gasteiger partial charge < -0.3 is 14.6 Å². The molecule has 19 heavy (non-hydrogen) atoms. The van der Waals surface area contributed by atoms with Crippen LogP contribution in [-0.2, 0) is 20.9 Å². The van der Waals surface area contributed by atoms with Crippen LogP contribution in [0.5, 0.6) is 0 Å². The fourth-order valence-corrected chi connectivity index (χ4v) is 1.50. The number of hydrogen-bond acceptors (Lipinski definition) is 4. The van der Waals surface area contributed by atoms with Crippen molar-refractivity contribution in [3.05, 3.63) is 34.7 Å². The molecule has 0 aliphatic carbocycles. The summed E-state index contributed by atoms with van der Waals surface area (Å²) >= 11 is 0. The standard InChI is InChI=1S/C13H18N2O4/c1-2-19-13(18)7-5-8-14-11(16)10-15-9-4-3-6-12(15)17/h3-4,6,9H,2,5,7-8,10H2,1H3,(H,14,16). The van der Waals surface area contributed by atoms with Crippen LogP contribution in [-0.4, -0.2) is 29.6 Å². The van der Waals surface area contributed by atoms with E-state index in [9.17, 15) is 14.4 Å². The first-order valence-corrected chi connectivity index (χ1v) is 6.21. The van der Waals surface area contributed by atoms with Crippen LogP contribution in [0.3, 0.4) is 0 Å². The van der Waals surface area contributed by atoms with E-state index in [2.05, 4.69) is 5.32 Å². The Balaban J connectivity index is 2.24. The number of nitrogens with zero attached hydrogens (tertiary/aromatic N) is 1. The molecule has 0 aliphatic rings. The van der Waals surface area contributed by atoms with E-state index in [0.717, 1.165) is 0 Å². The number of nitrogens with one attached hydrogen (secondary N) is 1. The number of hydrogen-bond donors (Lipinski definition) is 1. The van der Waals surface area contributed by atoms with Crippen LogP contribution in [0.25, 0.3) is 0 Å². The fourth-order valence-electron chi connectivity index (χ4n) is 1.50. The lowest BCUT2D eigenvalue weighted by Gasteiger charge is -2.06. The Kier molecular flexibility index (Phi) is 6.35. The van der Waals surface area contributed by atoms with E-state index in [-0.39, 0.29) is 30.4 Å². The van der Waals surface area contributed by atoms with Gasteiger partial charge in [0.05, 0.1) is 6.61 Å². The summed E-state index contributed by atoms with van der Waals surface area (Å²) in [5.41, 5.74) is -0.218. The molecule has 6 heteroatoms. The normalized spacial score (nSPS) is 9.95. The van der Waals surface area contributed by atoms with E-state index >= 15 is 0 Å². The summed E-state index contributed by atoms with van der Waals surface area (Å²) < 4.78 is 6.08. The van der Waals surface area contributed by atoms with E-state index in [1.807, 2.05) is 0 Å². The molecule has 1 heterocycles. The van der Waals surface area contributed by atoms with Gasteiger partial charge in [-0.25, -0.2) is 0 Å². The van der Waals surface area contributed by atoms with Crippen LogP contribution in [0.1, 0.15) is 19.8 Å². The third-order valence-electron chi connectivity index (χ3n) is 2.40. The molecule has 0 saturated carbocycles. The van der Waals surface area contributed by atoms with Gasteiger partial charge in [-0.3, -0.25) is 14.4 Å². The maximum Gasteiger partial charge on any atom is 0.305 e. The molecule has 0 aromatic carbocycles. The average Bonchev–Trinajstić information content (AvgIpc) is 2.38. The second-order valence-electron chi connectivity index (χ2n) is 3.93. The molecular weight excluding hydrogens is 248 g/mol. The van der Waals surface area contributed by atoms with Gasteiger partial charge in [0.25, 0.3) is 5.56 Å². The first-order valence-electron chi connectivity index (χ1n) is 6.21. The Morgan fingerprint density at radius 2 is 2.16 bits per heavy atom. The van der Waals surface area contributed by atoms with Crippen molar-refractivity contribution in [1.82, 2.24) is 9.88 Å². The van der Waals surface area contributed by atoms with Gasteiger partial charge in [-0.15, -0.1) is 0 Å². The molecule has 1 amide bonds. The van der Waals surface area contributed by atoms with Crippen molar-refractivity contribution in [2.45, 2.75) is 26.3 Å². The summed E-state index contributed by atoms with van der Waals surface area (Å²) in [6, 6.07) is 4.71. The smallest absolute Gasteiger partial charge is 0.305 e. The van der Waals surface area contributed by atoms with Gasteiger partial charge in [0.1, 0.15) is 6.54 Å². The van der Waals surface area contributed by atoms with Crippen molar-refractivity contribution < 1.29 is 14.3 Å². The number of esters is 1. The number of carbonyl (C=O) groups is 2. The van der Waals surface area contributed by atoms with Crippen molar-refractivity contribution in [2.75, 3.05) is 13.2 Å². The minimum absolute atomic E-state index is 0.0148. The minimum Gasteiger partial charge on any atom is -0.466 e. The highest BCUT2D eigenvalue weighted by Gasteiger charge is 2.04. The highest BCUT2D eigenvalue weighted by molar-refractivity contribution is 5.75. The van der Waals surface area contributed by atoms with E-state index in [1.54, 1.807) is 25.3 Å². The van der Waals surface area contributed by atoms with Gasteiger partial charge in [-0.2, -0.15) is 0 Å². The monoisotopic (exact) mass is 266 g/mol. The number of ether oxygens (including phenoxy) is 1. The second kappa shape index (κ2) is 8.07. The molecule has 0 unspecified atom stereocenters. The summed E-state index contributed by atoms with van der Waals surface area (Å²) in [4.78, 5) is 34.0. The van der Waals surface area contributed by atoms with Gasteiger partial charge in [-0.1, -0.05) is 6.07 Å². The zero-order valence-corrected chi connectivity index (χ0v) is 10.9. The molecule has 1 aromatic heterocycles. The largest absolute Gasteiger partial charge is 0.466 e. The molecule has 0 bridgehead atoms. The van der Waals surface area contributed by atoms with Crippen LogP contribution in [0, 0.1) is 0 Å². The number of pyridine rings is 1. The summed E-state index contributed by atoms with van der Waals surface area (Å²) in [6.07, 6.45) is 2.36. The zero-order chi connectivity index (χ0) is 14.1. The Morgan fingerprint density at radius 1 is 1.37 bits per heavy atom.